The predicted octanol–water partition coefficient (Wildman–Crippen LogP) is 3.85. The molecule has 1 fully saturated rings. The molecule has 4 rings (SSSR count). The lowest BCUT2D eigenvalue weighted by atomic mass is 9.92. The van der Waals surface area contributed by atoms with Crippen LogP contribution in [0, 0.1) is 0 Å². The van der Waals surface area contributed by atoms with E-state index in [1.807, 2.05) is 30.3 Å². The van der Waals surface area contributed by atoms with Crippen LogP contribution in [0.2, 0.25) is 0 Å². The second kappa shape index (κ2) is 7.42. The molecular formula is C22H23NO3. The number of amides is 2. The van der Waals surface area contributed by atoms with Crippen LogP contribution in [-0.2, 0) is 11.2 Å². The number of rotatable bonds is 5. The molecule has 1 aliphatic heterocycles. The topological polar surface area (TPSA) is 46.6 Å². The van der Waals surface area contributed by atoms with Gasteiger partial charge in [-0.3, -0.25) is 14.5 Å². The molecule has 0 N–H and O–H groups in total. The number of benzene rings is 2. The van der Waals surface area contributed by atoms with Crippen molar-refractivity contribution in [2.45, 2.75) is 44.2 Å². The Labute approximate surface area is 153 Å². The molecule has 0 saturated heterocycles. The number of imide groups is 1. The van der Waals surface area contributed by atoms with Gasteiger partial charge in [0.15, 0.2) is 0 Å². The van der Waals surface area contributed by atoms with E-state index >= 15 is 0 Å². The molecule has 1 aliphatic carbocycles. The van der Waals surface area contributed by atoms with Gasteiger partial charge in [-0.1, -0.05) is 42.5 Å². The number of carbonyl (C=O) groups excluding carboxylic acids is 2. The summed E-state index contributed by atoms with van der Waals surface area (Å²) in [4.78, 5) is 26.7. The van der Waals surface area contributed by atoms with Crippen molar-refractivity contribution >= 4 is 11.8 Å². The quantitative estimate of drug-likeness (QED) is 0.770. The Morgan fingerprint density at radius 1 is 0.808 bits per heavy atom. The Morgan fingerprint density at radius 2 is 1.38 bits per heavy atom. The average Bonchev–Trinajstić information content (AvgIpc) is 2.94. The fourth-order valence-electron chi connectivity index (χ4n) is 4.00. The second-order valence-electron chi connectivity index (χ2n) is 7.06. The fraction of sp³-hybridized carbons (Fsp3) is 0.364. The van der Waals surface area contributed by atoms with Crippen LogP contribution in [-0.4, -0.2) is 35.5 Å². The molecule has 4 heteroatoms. The zero-order valence-electron chi connectivity index (χ0n) is 14.8. The average molecular weight is 349 g/mol. The van der Waals surface area contributed by atoms with Crippen molar-refractivity contribution in [2.24, 2.45) is 0 Å². The van der Waals surface area contributed by atoms with Crippen LogP contribution in [0.5, 0.6) is 0 Å². The minimum absolute atomic E-state index is 0.00336. The first kappa shape index (κ1) is 17.0. The number of fused-ring (bicyclic) bond motifs is 1. The molecule has 26 heavy (non-hydrogen) atoms. The van der Waals surface area contributed by atoms with Gasteiger partial charge in [-0.25, -0.2) is 0 Å². The molecule has 1 saturated carbocycles. The first-order chi connectivity index (χ1) is 12.7. The van der Waals surface area contributed by atoms with Gasteiger partial charge in [-0.05, 0) is 49.8 Å². The van der Waals surface area contributed by atoms with Gasteiger partial charge in [0.25, 0.3) is 11.8 Å². The third-order valence-electron chi connectivity index (χ3n) is 5.42. The summed E-state index contributed by atoms with van der Waals surface area (Å²) in [6.07, 6.45) is 4.58. The Hall–Kier alpha value is -2.46. The maximum absolute atomic E-state index is 12.6. The molecule has 0 bridgehead atoms. The molecule has 2 aromatic carbocycles. The van der Waals surface area contributed by atoms with Crippen LogP contribution in [0.1, 0.15) is 52.0 Å². The van der Waals surface area contributed by atoms with Crippen molar-refractivity contribution < 1.29 is 14.3 Å². The van der Waals surface area contributed by atoms with Gasteiger partial charge in [-0.2, -0.15) is 0 Å². The second-order valence-corrected chi connectivity index (χ2v) is 7.06. The van der Waals surface area contributed by atoms with E-state index in [-0.39, 0.29) is 24.0 Å². The highest BCUT2D eigenvalue weighted by molar-refractivity contribution is 6.21. The molecule has 0 radical (unpaired) electrons. The minimum atomic E-state index is -0.140. The monoisotopic (exact) mass is 349 g/mol. The van der Waals surface area contributed by atoms with Gasteiger partial charge in [0.2, 0.25) is 0 Å². The summed E-state index contributed by atoms with van der Waals surface area (Å²) >= 11 is 0. The number of carbonyl (C=O) groups is 2. The summed E-state index contributed by atoms with van der Waals surface area (Å²) in [7, 11) is 0. The Bertz CT molecular complexity index is 759. The predicted molar refractivity (Wildman–Crippen MR) is 99.1 cm³/mol. The maximum atomic E-state index is 12.6. The molecular weight excluding hydrogens is 326 g/mol. The molecule has 2 aromatic rings. The molecule has 2 amide bonds. The molecule has 4 nitrogen and oxygen atoms in total. The summed E-state index contributed by atoms with van der Waals surface area (Å²) in [6, 6.07) is 17.4. The lowest BCUT2D eigenvalue weighted by molar-refractivity contribution is 0.0106. The maximum Gasteiger partial charge on any atom is 0.261 e. The lowest BCUT2D eigenvalue weighted by Crippen LogP contribution is -2.43. The van der Waals surface area contributed by atoms with Crippen LogP contribution >= 0.6 is 0 Å². The first-order valence-electron chi connectivity index (χ1n) is 9.36. The van der Waals surface area contributed by atoms with Crippen molar-refractivity contribution in [3.05, 3.63) is 71.3 Å². The van der Waals surface area contributed by atoms with E-state index in [4.69, 9.17) is 4.74 Å². The third-order valence-corrected chi connectivity index (χ3v) is 5.42. The highest BCUT2D eigenvalue weighted by Crippen LogP contribution is 2.31. The third kappa shape index (κ3) is 3.29. The summed E-state index contributed by atoms with van der Waals surface area (Å²) < 4.78 is 6.02. The van der Waals surface area contributed by atoms with Gasteiger partial charge >= 0.3 is 0 Å². The number of nitrogens with zero attached hydrogens (tertiary/aromatic N) is 1. The zero-order chi connectivity index (χ0) is 17.9. The van der Waals surface area contributed by atoms with Crippen LogP contribution in [0.4, 0.5) is 0 Å². The van der Waals surface area contributed by atoms with E-state index < -0.39 is 0 Å². The van der Waals surface area contributed by atoms with Crippen molar-refractivity contribution in [2.75, 3.05) is 6.61 Å². The molecule has 0 atom stereocenters. The molecule has 1 heterocycles. The van der Waals surface area contributed by atoms with Gasteiger partial charge in [0.05, 0.1) is 23.8 Å². The summed E-state index contributed by atoms with van der Waals surface area (Å²) in [5.41, 5.74) is 2.37. The van der Waals surface area contributed by atoms with Crippen LogP contribution in [0.15, 0.2) is 54.6 Å². The molecule has 134 valence electrons. The summed E-state index contributed by atoms with van der Waals surface area (Å²) in [5.74, 6) is -0.280. The number of hydrogen-bond acceptors (Lipinski definition) is 3. The highest BCUT2D eigenvalue weighted by Gasteiger charge is 2.40. The van der Waals surface area contributed by atoms with Crippen LogP contribution < -0.4 is 0 Å². The van der Waals surface area contributed by atoms with Gasteiger partial charge in [0, 0.05) is 6.04 Å². The van der Waals surface area contributed by atoms with Crippen molar-refractivity contribution in [3.8, 4) is 0 Å². The minimum Gasteiger partial charge on any atom is -0.378 e. The Balaban J connectivity index is 1.29. The highest BCUT2D eigenvalue weighted by atomic mass is 16.5. The zero-order valence-corrected chi connectivity index (χ0v) is 14.8. The van der Waals surface area contributed by atoms with Crippen LogP contribution in [0.3, 0.4) is 0 Å². The van der Waals surface area contributed by atoms with Crippen molar-refractivity contribution in [3.63, 3.8) is 0 Å². The van der Waals surface area contributed by atoms with Crippen LogP contribution in [0.25, 0.3) is 0 Å². The van der Waals surface area contributed by atoms with E-state index in [9.17, 15) is 9.59 Å². The largest absolute Gasteiger partial charge is 0.378 e. The van der Waals surface area contributed by atoms with E-state index in [0.717, 1.165) is 32.1 Å². The molecule has 2 aliphatic rings. The first-order valence-corrected chi connectivity index (χ1v) is 9.36. The summed E-state index contributed by atoms with van der Waals surface area (Å²) in [5, 5.41) is 0. The Morgan fingerprint density at radius 3 is 2.00 bits per heavy atom. The molecule has 0 aromatic heterocycles. The standard InChI is InChI=1S/C22H23NO3/c24-21-19-8-4-5-9-20(19)22(25)23(21)17-10-12-18(13-11-17)26-15-14-16-6-2-1-3-7-16/h1-9,17-18H,10-15H2/t17-,18-. The fourth-order valence-corrected chi connectivity index (χ4v) is 4.00. The van der Waals surface area contributed by atoms with E-state index in [1.165, 1.54) is 10.5 Å². The van der Waals surface area contributed by atoms with Crippen molar-refractivity contribution in [1.82, 2.24) is 4.90 Å². The normalized spacial score (nSPS) is 22.5. The van der Waals surface area contributed by atoms with E-state index in [1.54, 1.807) is 12.1 Å². The van der Waals surface area contributed by atoms with Gasteiger partial charge in [-0.15, -0.1) is 0 Å². The summed E-state index contributed by atoms with van der Waals surface area (Å²) in [6.45, 7) is 0.715. The molecule has 0 unspecified atom stereocenters. The van der Waals surface area contributed by atoms with E-state index in [2.05, 4.69) is 12.1 Å². The Kier molecular flexibility index (Phi) is 4.85. The van der Waals surface area contributed by atoms with Gasteiger partial charge in [0.1, 0.15) is 0 Å². The SMILES string of the molecule is O=C1c2ccccc2C(=O)N1[C@H]1CC[C@H](OCCc2ccccc2)CC1. The van der Waals surface area contributed by atoms with E-state index in [0.29, 0.717) is 17.7 Å². The van der Waals surface area contributed by atoms with Gasteiger partial charge < -0.3 is 4.74 Å². The number of ether oxygens (including phenoxy) is 1. The lowest BCUT2D eigenvalue weighted by Gasteiger charge is -2.33. The van der Waals surface area contributed by atoms with Crippen molar-refractivity contribution in [1.29, 1.82) is 0 Å². The number of hydrogen-bond donors (Lipinski definition) is 0. The molecule has 0 spiro atoms. The smallest absolute Gasteiger partial charge is 0.261 e.